The first-order valence-corrected chi connectivity index (χ1v) is 15.3. The van der Waals surface area contributed by atoms with E-state index >= 15 is 0 Å². The average Bonchev–Trinajstić information content (AvgIpc) is 3.56. The summed E-state index contributed by atoms with van der Waals surface area (Å²) in [6.45, 7) is -0.0254. The number of nitrogens with zero attached hydrogens (tertiary/aromatic N) is 2. The first-order valence-electron chi connectivity index (χ1n) is 12.1. The smallest absolute Gasteiger partial charge is 0.269 e. The van der Waals surface area contributed by atoms with Crippen LogP contribution in [0.3, 0.4) is 0 Å². The van der Waals surface area contributed by atoms with E-state index in [1.54, 1.807) is 12.2 Å². The monoisotopic (exact) mass is 830 g/mol. The van der Waals surface area contributed by atoms with Gasteiger partial charge in [-0.15, -0.1) is 0 Å². The number of amides is 2. The molecule has 0 radical (unpaired) electrons. The minimum Gasteiger partial charge on any atom is -0.495 e. The number of aliphatic hydroxyl groups excluding tert-OH is 3. The number of hydrogen-bond donors (Lipinski definition) is 5. The van der Waals surface area contributed by atoms with Crippen LogP contribution < -0.4 is 10.6 Å². The summed E-state index contributed by atoms with van der Waals surface area (Å²) in [6, 6.07) is 0. The van der Waals surface area contributed by atoms with Gasteiger partial charge in [-0.2, -0.15) is 0 Å². The van der Waals surface area contributed by atoms with Crippen molar-refractivity contribution in [2.75, 3.05) is 27.3 Å². The Bertz CT molecular complexity index is 1310. The van der Waals surface area contributed by atoms with Crippen LogP contribution in [0.15, 0.2) is 51.9 Å². The van der Waals surface area contributed by atoms with Crippen LogP contribution >= 0.6 is 63.7 Å². The molecule has 0 aromatic heterocycles. The summed E-state index contributed by atoms with van der Waals surface area (Å²) in [6.07, 6.45) is 0.00499. The zero-order valence-electron chi connectivity index (χ0n) is 21.6. The number of oxime groups is 2. The highest BCUT2D eigenvalue weighted by molar-refractivity contribution is 9.12. The lowest BCUT2D eigenvalue weighted by atomic mass is 9.87. The van der Waals surface area contributed by atoms with Gasteiger partial charge in [0.1, 0.15) is 35.1 Å². The van der Waals surface area contributed by atoms with Crippen molar-refractivity contribution >= 4 is 87.0 Å². The van der Waals surface area contributed by atoms with Crippen LogP contribution in [0.5, 0.6) is 0 Å². The largest absolute Gasteiger partial charge is 0.495 e. The van der Waals surface area contributed by atoms with Crippen molar-refractivity contribution < 1.29 is 44.1 Å². The van der Waals surface area contributed by atoms with E-state index in [4.69, 9.17) is 19.1 Å². The minimum absolute atomic E-state index is 0.00504. The van der Waals surface area contributed by atoms with E-state index < -0.39 is 41.3 Å². The Morgan fingerprint density at radius 1 is 0.927 bits per heavy atom. The maximum absolute atomic E-state index is 12.6. The van der Waals surface area contributed by atoms with Gasteiger partial charge in [0.15, 0.2) is 11.2 Å². The summed E-state index contributed by atoms with van der Waals surface area (Å²) in [4.78, 5) is 36.2. The van der Waals surface area contributed by atoms with E-state index in [0.29, 0.717) is 29.4 Å². The maximum atomic E-state index is 12.6. The molecule has 0 saturated carbocycles. The number of hydrogen-bond acceptors (Lipinski definition) is 11. The molecule has 2 aliphatic heterocycles. The molecule has 2 spiro atoms. The first-order chi connectivity index (χ1) is 19.4. The van der Waals surface area contributed by atoms with Gasteiger partial charge in [-0.05, 0) is 82.3 Å². The van der Waals surface area contributed by atoms with Crippen LogP contribution in [-0.2, 0) is 28.7 Å². The lowest BCUT2D eigenvalue weighted by Gasteiger charge is -2.33. The summed E-state index contributed by atoms with van der Waals surface area (Å²) >= 11 is 13.3. The van der Waals surface area contributed by atoms with Gasteiger partial charge < -0.3 is 45.1 Å². The number of methoxy groups -OCH3 is 2. The number of ether oxygens (including phenoxy) is 2. The summed E-state index contributed by atoms with van der Waals surface area (Å²) in [5, 5.41) is 44.7. The van der Waals surface area contributed by atoms with Crippen LogP contribution in [0.4, 0.5) is 0 Å². The van der Waals surface area contributed by atoms with Gasteiger partial charge >= 0.3 is 0 Å². The zero-order valence-corrected chi connectivity index (χ0v) is 28.0. The van der Waals surface area contributed by atoms with Crippen molar-refractivity contribution in [2.24, 2.45) is 10.3 Å². The molecule has 5 N–H and O–H groups in total. The normalized spacial score (nSPS) is 29.8. The number of rotatable bonds is 9. The molecule has 0 fully saturated rings. The van der Waals surface area contributed by atoms with E-state index in [1.807, 2.05) is 0 Å². The average molecular weight is 834 g/mol. The molecule has 2 heterocycles. The molecule has 4 rings (SSSR count). The Hall–Kier alpha value is -1.76. The fourth-order valence-corrected chi connectivity index (χ4v) is 8.09. The predicted molar refractivity (Wildman–Crippen MR) is 160 cm³/mol. The number of aliphatic hydroxyl groups is 3. The van der Waals surface area contributed by atoms with Crippen LogP contribution in [0.25, 0.3) is 0 Å². The quantitative estimate of drug-likeness (QED) is 0.232. The lowest BCUT2D eigenvalue weighted by molar-refractivity contribution is -0.116. The second kappa shape index (κ2) is 12.9. The highest BCUT2D eigenvalue weighted by Gasteiger charge is 2.51. The molecule has 17 heteroatoms. The topological polar surface area (TPSA) is 181 Å². The number of nitrogens with one attached hydrogen (secondary N) is 2. The van der Waals surface area contributed by atoms with Crippen molar-refractivity contribution in [3.63, 3.8) is 0 Å². The molecule has 224 valence electrons. The SMILES string of the molecule is COC1=C(Br)[C@H](O)[C@@]2(C=C1Br)CC(C(=O)NCC[C@H](O)CNC(=O)C1=NO[C@]3(C=C(Br)C(OC)=C(Br)[C@@H]3O)C1)=NO2. The van der Waals surface area contributed by atoms with Crippen molar-refractivity contribution in [3.8, 4) is 0 Å². The third-order valence-corrected chi connectivity index (χ3v) is 9.51. The molecule has 13 nitrogen and oxygen atoms in total. The Balaban J connectivity index is 1.21. The van der Waals surface area contributed by atoms with Crippen LogP contribution in [-0.4, -0.2) is 95.4 Å². The van der Waals surface area contributed by atoms with Gasteiger partial charge in [0.25, 0.3) is 11.8 Å². The summed E-state index contributed by atoms with van der Waals surface area (Å²) < 4.78 is 12.3. The molecule has 0 aromatic carbocycles. The minimum atomic E-state index is -1.29. The van der Waals surface area contributed by atoms with Crippen molar-refractivity contribution in [1.82, 2.24) is 10.6 Å². The lowest BCUT2D eigenvalue weighted by Crippen LogP contribution is -2.45. The standard InChI is InChI=1S/C24H26Br4N4O9/c1-38-17-11(25)5-23(19(34)15(17)27)7-13(31-40-23)21(36)29-4-3-10(33)9-30-22(37)14-8-24(41-32-14)6-12(26)18(39-2)16(28)20(24)35/h5-6,10,19-20,33-35H,3-4,7-9H2,1-2H3,(H,29,36)(H,30,37)/t10-,19-,20-,23+,24+/m0/s1. The van der Waals surface area contributed by atoms with Gasteiger partial charge in [0, 0.05) is 25.9 Å². The molecule has 4 aliphatic rings. The molecule has 0 bridgehead atoms. The van der Waals surface area contributed by atoms with E-state index in [-0.39, 0.29) is 43.8 Å². The second-order valence-electron chi connectivity index (χ2n) is 9.48. The third kappa shape index (κ3) is 6.31. The fourth-order valence-electron chi connectivity index (χ4n) is 4.51. The molecule has 0 saturated heterocycles. The number of halogens is 4. The highest BCUT2D eigenvalue weighted by Crippen LogP contribution is 2.45. The fraction of sp³-hybridized carbons (Fsp3) is 0.500. The maximum Gasteiger partial charge on any atom is 0.269 e. The van der Waals surface area contributed by atoms with Gasteiger partial charge in [-0.3, -0.25) is 9.59 Å². The van der Waals surface area contributed by atoms with E-state index in [2.05, 4.69) is 84.7 Å². The third-order valence-electron chi connectivity index (χ3n) is 6.75. The van der Waals surface area contributed by atoms with E-state index in [0.717, 1.165) is 0 Å². The first kappa shape index (κ1) is 32.2. The summed E-state index contributed by atoms with van der Waals surface area (Å²) in [5.41, 5.74) is -2.46. The Morgan fingerprint density at radius 2 is 1.37 bits per heavy atom. The molecule has 0 aromatic rings. The zero-order chi connectivity index (χ0) is 30.1. The van der Waals surface area contributed by atoms with Gasteiger partial charge in [-0.25, -0.2) is 0 Å². The molecular formula is C24H26Br4N4O9. The molecule has 2 amide bonds. The molecule has 5 atom stereocenters. The Morgan fingerprint density at radius 3 is 1.80 bits per heavy atom. The molecule has 0 unspecified atom stereocenters. The Kier molecular flexibility index (Phi) is 10.1. The predicted octanol–water partition coefficient (Wildman–Crippen LogP) is 1.81. The number of carbonyl (C=O) groups excluding carboxylic acids is 2. The second-order valence-corrected chi connectivity index (χ2v) is 12.9. The number of carbonyl (C=O) groups is 2. The summed E-state index contributed by atoms with van der Waals surface area (Å²) in [5.74, 6) is -0.282. The van der Waals surface area contributed by atoms with E-state index in [1.165, 1.54) is 14.2 Å². The van der Waals surface area contributed by atoms with Crippen molar-refractivity contribution in [3.05, 3.63) is 41.6 Å². The van der Waals surface area contributed by atoms with Crippen LogP contribution in [0.1, 0.15) is 19.3 Å². The van der Waals surface area contributed by atoms with Crippen LogP contribution in [0, 0.1) is 0 Å². The number of allylic oxidation sites excluding steroid dienone is 2. The Labute approximate surface area is 268 Å². The van der Waals surface area contributed by atoms with Crippen LogP contribution in [0.2, 0.25) is 0 Å². The van der Waals surface area contributed by atoms with Crippen molar-refractivity contribution in [1.29, 1.82) is 0 Å². The molecule has 41 heavy (non-hydrogen) atoms. The summed E-state index contributed by atoms with van der Waals surface area (Å²) in [7, 11) is 2.92. The molecular weight excluding hydrogens is 808 g/mol. The van der Waals surface area contributed by atoms with Gasteiger partial charge in [-0.1, -0.05) is 10.3 Å². The van der Waals surface area contributed by atoms with E-state index in [9.17, 15) is 24.9 Å². The van der Waals surface area contributed by atoms with Gasteiger partial charge in [0.05, 0.1) is 38.3 Å². The van der Waals surface area contributed by atoms with Crippen molar-refractivity contribution in [2.45, 2.75) is 48.8 Å². The molecule has 2 aliphatic carbocycles. The van der Waals surface area contributed by atoms with Gasteiger partial charge in [0.2, 0.25) is 0 Å². The highest BCUT2D eigenvalue weighted by atomic mass is 79.9.